The highest BCUT2D eigenvalue weighted by Gasteiger charge is 2.26. The van der Waals surface area contributed by atoms with E-state index in [2.05, 4.69) is 10.6 Å². The molecule has 2 aromatic rings. The Balaban J connectivity index is 1.81. The number of nitrogens with one attached hydrogen (secondary N) is 2. The second-order valence-electron chi connectivity index (χ2n) is 6.60. The fraction of sp³-hybridized carbons (Fsp3) is 0.316. The van der Waals surface area contributed by atoms with Gasteiger partial charge in [0.15, 0.2) is 0 Å². The molecule has 1 aliphatic rings. The lowest BCUT2D eigenvalue weighted by molar-refractivity contribution is -0.384. The summed E-state index contributed by atoms with van der Waals surface area (Å²) in [5.74, 6) is 0. The Morgan fingerprint density at radius 3 is 2.61 bits per heavy atom. The van der Waals surface area contributed by atoms with Crippen molar-refractivity contribution < 1.29 is 9.72 Å². The molecule has 0 atom stereocenters. The standard InChI is InChI=1S/C19H20Cl2N4O3/c20-17-5-4-13(10-18(17)21)12-24(15-6-8-22-9-7-15)19(26)23-14-2-1-3-16(11-14)25(27)28/h1-5,10-11,15,22H,6-9,12H2,(H,23,26). The first-order valence-electron chi connectivity index (χ1n) is 8.91. The van der Waals surface area contributed by atoms with Crippen molar-refractivity contribution in [3.05, 3.63) is 68.2 Å². The van der Waals surface area contributed by atoms with Crippen molar-refractivity contribution in [2.45, 2.75) is 25.4 Å². The number of nitro groups is 1. The van der Waals surface area contributed by atoms with Crippen molar-refractivity contribution in [3.63, 3.8) is 0 Å². The zero-order chi connectivity index (χ0) is 20.1. The van der Waals surface area contributed by atoms with Crippen LogP contribution in [0, 0.1) is 10.1 Å². The van der Waals surface area contributed by atoms with Crippen LogP contribution in [0.1, 0.15) is 18.4 Å². The molecule has 2 N–H and O–H groups in total. The van der Waals surface area contributed by atoms with E-state index in [4.69, 9.17) is 23.2 Å². The quantitative estimate of drug-likeness (QED) is 0.540. The number of piperidine rings is 1. The fourth-order valence-electron chi connectivity index (χ4n) is 3.21. The monoisotopic (exact) mass is 422 g/mol. The molecule has 0 radical (unpaired) electrons. The number of hydrogen-bond donors (Lipinski definition) is 2. The van der Waals surface area contributed by atoms with Crippen LogP contribution in [0.25, 0.3) is 0 Å². The molecular formula is C19H20Cl2N4O3. The van der Waals surface area contributed by atoms with E-state index in [1.54, 1.807) is 29.2 Å². The summed E-state index contributed by atoms with van der Waals surface area (Å²) in [6.45, 7) is 2.02. The van der Waals surface area contributed by atoms with Crippen molar-refractivity contribution >= 4 is 40.6 Å². The average Bonchev–Trinajstić information content (AvgIpc) is 2.69. The highest BCUT2D eigenvalue weighted by Crippen LogP contribution is 2.25. The van der Waals surface area contributed by atoms with Crippen molar-refractivity contribution in [1.82, 2.24) is 10.2 Å². The first kappa shape index (κ1) is 20.4. The summed E-state index contributed by atoms with van der Waals surface area (Å²) in [6, 6.07) is 10.9. The minimum atomic E-state index is -0.490. The third kappa shape index (κ3) is 5.13. The van der Waals surface area contributed by atoms with Gasteiger partial charge in [0.1, 0.15) is 0 Å². The summed E-state index contributed by atoms with van der Waals surface area (Å²) < 4.78 is 0. The summed E-state index contributed by atoms with van der Waals surface area (Å²) in [4.78, 5) is 25.2. The van der Waals surface area contributed by atoms with E-state index >= 15 is 0 Å². The number of nitro benzene ring substituents is 1. The van der Waals surface area contributed by atoms with Gasteiger partial charge in [-0.25, -0.2) is 4.79 Å². The third-order valence-corrected chi connectivity index (χ3v) is 5.39. The fourth-order valence-corrected chi connectivity index (χ4v) is 3.53. The van der Waals surface area contributed by atoms with E-state index in [1.165, 1.54) is 12.1 Å². The summed E-state index contributed by atoms with van der Waals surface area (Å²) in [6.07, 6.45) is 1.65. The maximum Gasteiger partial charge on any atom is 0.322 e. The molecule has 2 aromatic carbocycles. The topological polar surface area (TPSA) is 87.5 Å². The summed E-state index contributed by atoms with van der Waals surface area (Å²) in [7, 11) is 0. The van der Waals surface area contributed by atoms with Crippen molar-refractivity contribution in [2.24, 2.45) is 0 Å². The number of amides is 2. The van der Waals surface area contributed by atoms with Crippen molar-refractivity contribution in [3.8, 4) is 0 Å². The summed E-state index contributed by atoms with van der Waals surface area (Å²) in [5.41, 5.74) is 1.17. The molecule has 148 valence electrons. The van der Waals surface area contributed by atoms with Crippen LogP contribution >= 0.6 is 23.2 Å². The van der Waals surface area contributed by atoms with Crippen LogP contribution in [-0.4, -0.2) is 35.0 Å². The lowest BCUT2D eigenvalue weighted by Gasteiger charge is -2.35. The number of rotatable bonds is 5. The van der Waals surface area contributed by atoms with Gasteiger partial charge in [0, 0.05) is 30.4 Å². The van der Waals surface area contributed by atoms with Crippen molar-refractivity contribution in [2.75, 3.05) is 18.4 Å². The molecule has 2 amide bonds. The van der Waals surface area contributed by atoms with Gasteiger partial charge >= 0.3 is 6.03 Å². The largest absolute Gasteiger partial charge is 0.322 e. The molecule has 0 unspecified atom stereocenters. The van der Waals surface area contributed by atoms with E-state index in [0.717, 1.165) is 31.5 Å². The number of carbonyl (C=O) groups excluding carboxylic acids is 1. The van der Waals surface area contributed by atoms with Crippen LogP contribution in [0.15, 0.2) is 42.5 Å². The summed E-state index contributed by atoms with van der Waals surface area (Å²) >= 11 is 12.1. The smallest absolute Gasteiger partial charge is 0.317 e. The van der Waals surface area contributed by atoms with Gasteiger partial charge in [-0.15, -0.1) is 0 Å². The van der Waals surface area contributed by atoms with Crippen LogP contribution in [0.5, 0.6) is 0 Å². The van der Waals surface area contributed by atoms with Gasteiger partial charge in [0.05, 0.1) is 15.0 Å². The molecule has 28 heavy (non-hydrogen) atoms. The van der Waals surface area contributed by atoms with Crippen LogP contribution in [0.2, 0.25) is 10.0 Å². The van der Waals surface area contributed by atoms with Crippen LogP contribution in [0.4, 0.5) is 16.2 Å². The van der Waals surface area contributed by atoms with Gasteiger partial charge in [0.2, 0.25) is 0 Å². The summed E-state index contributed by atoms with van der Waals surface area (Å²) in [5, 5.41) is 17.9. The number of hydrogen-bond acceptors (Lipinski definition) is 4. The zero-order valence-corrected chi connectivity index (χ0v) is 16.5. The predicted molar refractivity (Wildman–Crippen MR) is 110 cm³/mol. The highest BCUT2D eigenvalue weighted by molar-refractivity contribution is 6.42. The molecule has 1 heterocycles. The third-order valence-electron chi connectivity index (χ3n) is 4.66. The maximum absolute atomic E-state index is 13.0. The van der Waals surface area contributed by atoms with Gasteiger partial charge in [-0.05, 0) is 49.7 Å². The molecule has 3 rings (SSSR count). The molecule has 0 saturated carbocycles. The molecule has 0 aliphatic carbocycles. The number of halogens is 2. The zero-order valence-electron chi connectivity index (χ0n) is 15.0. The Bertz CT molecular complexity index is 872. The molecule has 1 fully saturated rings. The Kier molecular flexibility index (Phi) is 6.72. The molecule has 1 saturated heterocycles. The molecule has 0 bridgehead atoms. The van der Waals surface area contributed by atoms with Gasteiger partial charge in [-0.3, -0.25) is 10.1 Å². The number of non-ortho nitro benzene ring substituents is 1. The second-order valence-corrected chi connectivity index (χ2v) is 7.41. The Morgan fingerprint density at radius 2 is 1.93 bits per heavy atom. The minimum absolute atomic E-state index is 0.0504. The first-order valence-corrected chi connectivity index (χ1v) is 9.66. The Hall–Kier alpha value is -2.35. The van der Waals surface area contributed by atoms with Gasteiger partial charge < -0.3 is 15.5 Å². The van der Waals surface area contributed by atoms with Crippen LogP contribution < -0.4 is 10.6 Å². The Labute approximate surface area is 172 Å². The van der Waals surface area contributed by atoms with Gasteiger partial charge in [0.25, 0.3) is 5.69 Å². The number of nitrogens with zero attached hydrogens (tertiary/aromatic N) is 2. The normalized spacial score (nSPS) is 14.5. The van der Waals surface area contributed by atoms with Crippen LogP contribution in [-0.2, 0) is 6.54 Å². The lowest BCUT2D eigenvalue weighted by atomic mass is 10.0. The number of carbonyl (C=O) groups is 1. The van der Waals surface area contributed by atoms with E-state index < -0.39 is 4.92 Å². The average molecular weight is 423 g/mol. The molecule has 0 aromatic heterocycles. The lowest BCUT2D eigenvalue weighted by Crippen LogP contribution is -2.47. The second kappa shape index (κ2) is 9.23. The van der Waals surface area contributed by atoms with Crippen LogP contribution in [0.3, 0.4) is 0 Å². The first-order chi connectivity index (χ1) is 13.4. The van der Waals surface area contributed by atoms with E-state index in [0.29, 0.717) is 22.3 Å². The molecule has 0 spiro atoms. The van der Waals surface area contributed by atoms with Gasteiger partial charge in [-0.1, -0.05) is 35.3 Å². The molecular weight excluding hydrogens is 403 g/mol. The van der Waals surface area contributed by atoms with E-state index in [9.17, 15) is 14.9 Å². The maximum atomic E-state index is 13.0. The molecule has 7 nitrogen and oxygen atoms in total. The predicted octanol–water partition coefficient (Wildman–Crippen LogP) is 4.69. The number of benzene rings is 2. The minimum Gasteiger partial charge on any atom is -0.317 e. The van der Waals surface area contributed by atoms with E-state index in [-0.39, 0.29) is 17.8 Å². The Morgan fingerprint density at radius 1 is 1.18 bits per heavy atom. The molecule has 1 aliphatic heterocycles. The van der Waals surface area contributed by atoms with E-state index in [1.807, 2.05) is 6.07 Å². The molecule has 9 heteroatoms. The van der Waals surface area contributed by atoms with Gasteiger partial charge in [-0.2, -0.15) is 0 Å². The number of anilines is 1. The number of urea groups is 1. The highest BCUT2D eigenvalue weighted by atomic mass is 35.5. The van der Waals surface area contributed by atoms with Crippen molar-refractivity contribution in [1.29, 1.82) is 0 Å². The SMILES string of the molecule is O=C(Nc1cccc([N+](=O)[O-])c1)N(Cc1ccc(Cl)c(Cl)c1)C1CCNCC1.